The largest absolute Gasteiger partial charge is 0.371 e. The fourth-order valence-electron chi connectivity index (χ4n) is 1.83. The number of nitrogens with one attached hydrogen (secondary N) is 1. The number of ether oxygens (including phenoxy) is 1. The second kappa shape index (κ2) is 4.11. The van der Waals surface area contributed by atoms with E-state index in [1.165, 1.54) is 11.1 Å². The van der Waals surface area contributed by atoms with Gasteiger partial charge in [0.25, 0.3) is 0 Å². The molecular formula is C12H17NO. The van der Waals surface area contributed by atoms with Crippen LogP contribution < -0.4 is 5.32 Å². The Labute approximate surface area is 85.3 Å². The Morgan fingerprint density at radius 3 is 2.79 bits per heavy atom. The first-order valence-corrected chi connectivity index (χ1v) is 5.18. The van der Waals surface area contributed by atoms with Crippen molar-refractivity contribution in [3.8, 4) is 0 Å². The van der Waals surface area contributed by atoms with Crippen molar-refractivity contribution in [2.75, 3.05) is 13.2 Å². The van der Waals surface area contributed by atoms with Crippen molar-refractivity contribution >= 4 is 0 Å². The maximum Gasteiger partial charge on any atom is 0.0952 e. The summed E-state index contributed by atoms with van der Waals surface area (Å²) >= 11 is 0. The SMILES string of the molecule is Cc1ccccc1[C@@H]1CN[C@H](C)CO1. The van der Waals surface area contributed by atoms with Gasteiger partial charge < -0.3 is 10.1 Å². The van der Waals surface area contributed by atoms with Gasteiger partial charge in [0.15, 0.2) is 0 Å². The summed E-state index contributed by atoms with van der Waals surface area (Å²) in [5.41, 5.74) is 2.63. The third kappa shape index (κ3) is 1.97. The van der Waals surface area contributed by atoms with E-state index in [9.17, 15) is 0 Å². The average Bonchev–Trinajstić information content (AvgIpc) is 2.20. The third-order valence-electron chi connectivity index (χ3n) is 2.73. The van der Waals surface area contributed by atoms with E-state index in [1.54, 1.807) is 0 Å². The van der Waals surface area contributed by atoms with Crippen molar-refractivity contribution in [2.24, 2.45) is 0 Å². The molecule has 0 aliphatic carbocycles. The minimum absolute atomic E-state index is 0.229. The lowest BCUT2D eigenvalue weighted by molar-refractivity contribution is 0.00661. The Morgan fingerprint density at radius 1 is 1.36 bits per heavy atom. The van der Waals surface area contributed by atoms with Gasteiger partial charge >= 0.3 is 0 Å². The predicted molar refractivity (Wildman–Crippen MR) is 57.3 cm³/mol. The van der Waals surface area contributed by atoms with Crippen LogP contribution in [0.2, 0.25) is 0 Å². The van der Waals surface area contributed by atoms with Crippen LogP contribution in [0.5, 0.6) is 0 Å². The zero-order chi connectivity index (χ0) is 9.97. The highest BCUT2D eigenvalue weighted by Crippen LogP contribution is 2.22. The van der Waals surface area contributed by atoms with Crippen LogP contribution in [0.1, 0.15) is 24.2 Å². The molecule has 1 aliphatic rings. The highest BCUT2D eigenvalue weighted by Gasteiger charge is 2.20. The first kappa shape index (κ1) is 9.69. The van der Waals surface area contributed by atoms with Gasteiger partial charge in [-0.05, 0) is 25.0 Å². The molecule has 1 aromatic rings. The van der Waals surface area contributed by atoms with Gasteiger partial charge in [0.05, 0.1) is 12.7 Å². The molecule has 0 amide bonds. The van der Waals surface area contributed by atoms with Gasteiger partial charge in [0.1, 0.15) is 0 Å². The van der Waals surface area contributed by atoms with E-state index in [2.05, 4.69) is 43.4 Å². The quantitative estimate of drug-likeness (QED) is 0.733. The summed E-state index contributed by atoms with van der Waals surface area (Å²) in [7, 11) is 0. The number of hydrogen-bond donors (Lipinski definition) is 1. The van der Waals surface area contributed by atoms with Crippen molar-refractivity contribution in [3.63, 3.8) is 0 Å². The van der Waals surface area contributed by atoms with Crippen molar-refractivity contribution in [3.05, 3.63) is 35.4 Å². The van der Waals surface area contributed by atoms with E-state index in [4.69, 9.17) is 4.74 Å². The smallest absolute Gasteiger partial charge is 0.0952 e. The monoisotopic (exact) mass is 191 g/mol. The molecule has 0 radical (unpaired) electrons. The molecule has 2 nitrogen and oxygen atoms in total. The molecule has 0 spiro atoms. The lowest BCUT2D eigenvalue weighted by atomic mass is 10.0. The van der Waals surface area contributed by atoms with Crippen LogP contribution >= 0.6 is 0 Å². The summed E-state index contributed by atoms with van der Waals surface area (Å²) in [5.74, 6) is 0. The van der Waals surface area contributed by atoms with Crippen LogP contribution in [0.15, 0.2) is 24.3 Å². The topological polar surface area (TPSA) is 21.3 Å². The second-order valence-electron chi connectivity index (χ2n) is 3.99. The lowest BCUT2D eigenvalue weighted by Crippen LogP contribution is -2.40. The molecule has 2 rings (SSSR count). The molecule has 1 heterocycles. The van der Waals surface area contributed by atoms with Crippen LogP contribution in [-0.2, 0) is 4.74 Å². The summed E-state index contributed by atoms with van der Waals surface area (Å²) in [6.45, 7) is 6.01. The zero-order valence-electron chi connectivity index (χ0n) is 8.79. The first-order valence-electron chi connectivity index (χ1n) is 5.18. The fraction of sp³-hybridized carbons (Fsp3) is 0.500. The molecule has 1 aromatic carbocycles. The standard InChI is InChI=1S/C12H17NO/c1-9-5-3-4-6-11(9)12-7-13-10(2)8-14-12/h3-6,10,12-13H,7-8H2,1-2H3/t10-,12+/m1/s1. The number of aryl methyl sites for hydroxylation is 1. The number of rotatable bonds is 1. The highest BCUT2D eigenvalue weighted by atomic mass is 16.5. The average molecular weight is 191 g/mol. The van der Waals surface area contributed by atoms with Crippen molar-refractivity contribution in [1.82, 2.24) is 5.32 Å². The maximum atomic E-state index is 5.79. The Kier molecular flexibility index (Phi) is 2.85. The minimum atomic E-state index is 0.229. The Bertz CT molecular complexity index is 303. The van der Waals surface area contributed by atoms with Crippen molar-refractivity contribution < 1.29 is 4.74 Å². The molecule has 76 valence electrons. The van der Waals surface area contributed by atoms with Gasteiger partial charge in [-0.1, -0.05) is 24.3 Å². The highest BCUT2D eigenvalue weighted by molar-refractivity contribution is 5.28. The Hall–Kier alpha value is -0.860. The van der Waals surface area contributed by atoms with Gasteiger partial charge in [-0.15, -0.1) is 0 Å². The molecule has 1 aliphatic heterocycles. The molecule has 1 saturated heterocycles. The summed E-state index contributed by atoms with van der Waals surface area (Å²) in [6, 6.07) is 8.91. The van der Waals surface area contributed by atoms with Gasteiger partial charge in [-0.2, -0.15) is 0 Å². The van der Waals surface area contributed by atoms with Crippen molar-refractivity contribution in [2.45, 2.75) is 26.0 Å². The first-order chi connectivity index (χ1) is 6.77. The molecule has 1 fully saturated rings. The zero-order valence-corrected chi connectivity index (χ0v) is 8.79. The Morgan fingerprint density at radius 2 is 2.14 bits per heavy atom. The predicted octanol–water partition coefficient (Wildman–Crippen LogP) is 2.04. The second-order valence-corrected chi connectivity index (χ2v) is 3.99. The van der Waals surface area contributed by atoms with Crippen molar-refractivity contribution in [1.29, 1.82) is 0 Å². The van der Waals surface area contributed by atoms with E-state index in [-0.39, 0.29) is 6.10 Å². The molecule has 0 saturated carbocycles. The normalized spacial score (nSPS) is 27.6. The molecule has 2 atom stereocenters. The van der Waals surface area contributed by atoms with E-state index >= 15 is 0 Å². The van der Waals surface area contributed by atoms with Gasteiger partial charge in [0.2, 0.25) is 0 Å². The van der Waals surface area contributed by atoms with E-state index in [0.29, 0.717) is 6.04 Å². The Balaban J connectivity index is 2.12. The van der Waals surface area contributed by atoms with E-state index < -0.39 is 0 Å². The van der Waals surface area contributed by atoms with Gasteiger partial charge in [0, 0.05) is 12.6 Å². The van der Waals surface area contributed by atoms with E-state index in [0.717, 1.165) is 13.2 Å². The minimum Gasteiger partial charge on any atom is -0.371 e. The molecule has 0 unspecified atom stereocenters. The van der Waals surface area contributed by atoms with Gasteiger partial charge in [-0.25, -0.2) is 0 Å². The van der Waals surface area contributed by atoms with Gasteiger partial charge in [-0.3, -0.25) is 0 Å². The molecule has 14 heavy (non-hydrogen) atoms. The van der Waals surface area contributed by atoms with Crippen LogP contribution in [0.3, 0.4) is 0 Å². The van der Waals surface area contributed by atoms with E-state index in [1.807, 2.05) is 0 Å². The van der Waals surface area contributed by atoms with Crippen LogP contribution in [-0.4, -0.2) is 19.2 Å². The fourth-order valence-corrected chi connectivity index (χ4v) is 1.83. The maximum absolute atomic E-state index is 5.79. The molecule has 1 N–H and O–H groups in total. The number of benzene rings is 1. The third-order valence-corrected chi connectivity index (χ3v) is 2.73. The molecular weight excluding hydrogens is 174 g/mol. The van der Waals surface area contributed by atoms with Crippen LogP contribution in [0.25, 0.3) is 0 Å². The summed E-state index contributed by atoms with van der Waals surface area (Å²) in [4.78, 5) is 0. The summed E-state index contributed by atoms with van der Waals surface area (Å²) < 4.78 is 5.79. The number of hydrogen-bond acceptors (Lipinski definition) is 2. The molecule has 0 aromatic heterocycles. The molecule has 2 heteroatoms. The van der Waals surface area contributed by atoms with Crippen LogP contribution in [0, 0.1) is 6.92 Å². The lowest BCUT2D eigenvalue weighted by Gasteiger charge is -2.29. The molecule has 0 bridgehead atoms. The van der Waals surface area contributed by atoms with Crippen LogP contribution in [0.4, 0.5) is 0 Å². The number of morpholine rings is 1. The summed E-state index contributed by atoms with van der Waals surface area (Å²) in [6.07, 6.45) is 0.229. The summed E-state index contributed by atoms with van der Waals surface area (Å²) in [5, 5.41) is 3.43.